The first kappa shape index (κ1) is 14.3. The van der Waals surface area contributed by atoms with Gasteiger partial charge >= 0.3 is 0 Å². The van der Waals surface area contributed by atoms with Gasteiger partial charge in [0.05, 0.1) is 12.2 Å². The van der Waals surface area contributed by atoms with E-state index < -0.39 is 0 Å². The van der Waals surface area contributed by atoms with Gasteiger partial charge in [-0.25, -0.2) is 0 Å². The van der Waals surface area contributed by atoms with Crippen LogP contribution in [-0.4, -0.2) is 27.1 Å². The van der Waals surface area contributed by atoms with Crippen LogP contribution >= 0.6 is 11.3 Å². The lowest BCUT2D eigenvalue weighted by atomic mass is 10.1. The third-order valence-corrected chi connectivity index (χ3v) is 5.01. The molecule has 4 nitrogen and oxygen atoms in total. The van der Waals surface area contributed by atoms with E-state index in [-0.39, 0.29) is 11.9 Å². The molecular weight excluding hydrogens is 282 g/mol. The highest BCUT2D eigenvalue weighted by Gasteiger charge is 2.30. The average molecular weight is 303 g/mol. The molecule has 1 fully saturated rings. The number of nitrogens with zero attached hydrogens (tertiary/aromatic N) is 3. The molecular formula is C16H21N3OS. The Kier molecular flexibility index (Phi) is 4.39. The van der Waals surface area contributed by atoms with E-state index in [9.17, 15) is 4.79 Å². The van der Waals surface area contributed by atoms with Gasteiger partial charge in [0.2, 0.25) is 5.91 Å². The first-order valence-electron chi connectivity index (χ1n) is 7.54. The lowest BCUT2D eigenvalue weighted by Crippen LogP contribution is -2.30. The Bertz CT molecular complexity index is 590. The normalized spacial score (nSPS) is 18.3. The first-order chi connectivity index (χ1) is 10.2. The van der Waals surface area contributed by atoms with Gasteiger partial charge in [-0.1, -0.05) is 6.07 Å². The van der Waals surface area contributed by atoms with Crippen LogP contribution in [0, 0.1) is 0 Å². The standard InChI is InChI=1S/C16H21N3OS/c1-18-12-13(11-17-18)15-7-3-9-19(15)16(20)8-2-5-14-6-4-10-21-14/h4,6,10-12,15H,2-3,5,7-9H2,1H3. The predicted molar refractivity (Wildman–Crippen MR) is 84.2 cm³/mol. The van der Waals surface area contributed by atoms with Crippen molar-refractivity contribution < 1.29 is 4.79 Å². The largest absolute Gasteiger partial charge is 0.336 e. The summed E-state index contributed by atoms with van der Waals surface area (Å²) < 4.78 is 1.81. The second-order valence-electron chi connectivity index (χ2n) is 5.63. The average Bonchev–Trinajstić information content (AvgIpc) is 3.18. The van der Waals surface area contributed by atoms with Crippen molar-refractivity contribution in [2.45, 2.75) is 38.1 Å². The minimum absolute atomic E-state index is 0.230. The van der Waals surface area contributed by atoms with Crippen molar-refractivity contribution in [3.63, 3.8) is 0 Å². The molecule has 0 saturated carbocycles. The first-order valence-corrected chi connectivity index (χ1v) is 8.42. The topological polar surface area (TPSA) is 38.1 Å². The Labute approximate surface area is 129 Å². The molecule has 112 valence electrons. The molecule has 0 aromatic carbocycles. The van der Waals surface area contributed by atoms with E-state index in [0.717, 1.165) is 32.2 Å². The van der Waals surface area contributed by atoms with Crippen molar-refractivity contribution >= 4 is 17.2 Å². The fraction of sp³-hybridized carbons (Fsp3) is 0.500. The fourth-order valence-electron chi connectivity index (χ4n) is 3.04. The number of hydrogen-bond acceptors (Lipinski definition) is 3. The van der Waals surface area contributed by atoms with Gasteiger partial charge in [0, 0.05) is 36.7 Å². The van der Waals surface area contributed by atoms with E-state index in [1.165, 1.54) is 10.4 Å². The lowest BCUT2D eigenvalue weighted by molar-refractivity contribution is -0.132. The highest BCUT2D eigenvalue weighted by atomic mass is 32.1. The molecule has 0 spiro atoms. The summed E-state index contributed by atoms with van der Waals surface area (Å²) in [5, 5.41) is 6.32. The SMILES string of the molecule is Cn1cc(C2CCCN2C(=O)CCCc2cccs2)cn1. The van der Waals surface area contributed by atoms with E-state index in [4.69, 9.17) is 0 Å². The smallest absolute Gasteiger partial charge is 0.223 e. The second kappa shape index (κ2) is 6.43. The van der Waals surface area contributed by atoms with Crippen LogP contribution in [0.2, 0.25) is 0 Å². The third-order valence-electron chi connectivity index (χ3n) is 4.08. The highest BCUT2D eigenvalue weighted by molar-refractivity contribution is 7.09. The summed E-state index contributed by atoms with van der Waals surface area (Å²) in [7, 11) is 1.92. The van der Waals surface area contributed by atoms with Gasteiger partial charge in [-0.3, -0.25) is 9.48 Å². The molecule has 1 saturated heterocycles. The van der Waals surface area contributed by atoms with E-state index >= 15 is 0 Å². The highest BCUT2D eigenvalue weighted by Crippen LogP contribution is 2.32. The number of amides is 1. The van der Waals surface area contributed by atoms with E-state index in [1.807, 2.05) is 29.0 Å². The van der Waals surface area contributed by atoms with E-state index in [2.05, 4.69) is 22.6 Å². The molecule has 0 bridgehead atoms. The maximum atomic E-state index is 12.5. The number of carbonyl (C=O) groups excluding carboxylic acids is 1. The van der Waals surface area contributed by atoms with Gasteiger partial charge in [-0.2, -0.15) is 5.10 Å². The van der Waals surface area contributed by atoms with Crippen molar-refractivity contribution in [3.8, 4) is 0 Å². The molecule has 1 aliphatic rings. The summed E-state index contributed by atoms with van der Waals surface area (Å²) in [6.07, 6.45) is 8.67. The van der Waals surface area contributed by atoms with Gasteiger partial charge in [0.25, 0.3) is 0 Å². The number of aromatic nitrogens is 2. The van der Waals surface area contributed by atoms with Crippen molar-refractivity contribution in [1.29, 1.82) is 0 Å². The van der Waals surface area contributed by atoms with Gasteiger partial charge in [-0.05, 0) is 37.1 Å². The van der Waals surface area contributed by atoms with Gasteiger partial charge < -0.3 is 4.90 Å². The Morgan fingerprint density at radius 1 is 1.52 bits per heavy atom. The van der Waals surface area contributed by atoms with Crippen molar-refractivity contribution in [2.75, 3.05) is 6.54 Å². The molecule has 2 aromatic rings. The molecule has 3 heterocycles. The zero-order chi connectivity index (χ0) is 14.7. The minimum atomic E-state index is 0.230. The summed E-state index contributed by atoms with van der Waals surface area (Å²) in [5.74, 6) is 0.290. The van der Waals surface area contributed by atoms with Crippen LogP contribution in [0.1, 0.15) is 42.2 Å². The molecule has 1 amide bonds. The van der Waals surface area contributed by atoms with Crippen molar-refractivity contribution in [3.05, 3.63) is 40.3 Å². The number of aryl methyl sites for hydroxylation is 2. The molecule has 3 rings (SSSR count). The lowest BCUT2D eigenvalue weighted by Gasteiger charge is -2.24. The van der Waals surface area contributed by atoms with Crippen LogP contribution < -0.4 is 0 Å². The molecule has 0 N–H and O–H groups in total. The van der Waals surface area contributed by atoms with Crippen LogP contribution in [0.5, 0.6) is 0 Å². The third kappa shape index (κ3) is 3.35. The van der Waals surface area contributed by atoms with Crippen LogP contribution in [-0.2, 0) is 18.3 Å². The maximum Gasteiger partial charge on any atom is 0.223 e. The Balaban J connectivity index is 1.55. The Morgan fingerprint density at radius 2 is 2.43 bits per heavy atom. The number of hydrogen-bond donors (Lipinski definition) is 0. The molecule has 0 aliphatic carbocycles. The van der Waals surface area contributed by atoms with Crippen molar-refractivity contribution in [1.82, 2.24) is 14.7 Å². The molecule has 1 aliphatic heterocycles. The maximum absolute atomic E-state index is 12.5. The van der Waals surface area contributed by atoms with Crippen LogP contribution in [0.15, 0.2) is 29.9 Å². The molecule has 0 radical (unpaired) electrons. The minimum Gasteiger partial charge on any atom is -0.336 e. The summed E-state index contributed by atoms with van der Waals surface area (Å²) in [6, 6.07) is 4.44. The van der Waals surface area contributed by atoms with Gasteiger partial charge in [-0.15, -0.1) is 11.3 Å². The van der Waals surface area contributed by atoms with Crippen LogP contribution in [0.3, 0.4) is 0 Å². The van der Waals surface area contributed by atoms with Gasteiger partial charge in [0.15, 0.2) is 0 Å². The molecule has 21 heavy (non-hydrogen) atoms. The summed E-state index contributed by atoms with van der Waals surface area (Å²) in [6.45, 7) is 0.886. The summed E-state index contributed by atoms with van der Waals surface area (Å²) >= 11 is 1.77. The van der Waals surface area contributed by atoms with Gasteiger partial charge in [0.1, 0.15) is 0 Å². The second-order valence-corrected chi connectivity index (χ2v) is 6.66. The zero-order valence-electron chi connectivity index (χ0n) is 12.4. The fourth-order valence-corrected chi connectivity index (χ4v) is 3.79. The molecule has 1 atom stereocenters. The Morgan fingerprint density at radius 3 is 3.14 bits per heavy atom. The van der Waals surface area contributed by atoms with E-state index in [0.29, 0.717) is 6.42 Å². The van der Waals surface area contributed by atoms with Crippen molar-refractivity contribution in [2.24, 2.45) is 7.05 Å². The number of carbonyl (C=O) groups is 1. The number of rotatable bonds is 5. The zero-order valence-corrected chi connectivity index (χ0v) is 13.2. The van der Waals surface area contributed by atoms with Crippen LogP contribution in [0.4, 0.5) is 0 Å². The predicted octanol–water partition coefficient (Wildman–Crippen LogP) is 3.17. The Hall–Kier alpha value is -1.62. The number of thiophene rings is 1. The summed E-state index contributed by atoms with van der Waals surface area (Å²) in [5.41, 5.74) is 1.17. The number of likely N-dealkylation sites (tertiary alicyclic amines) is 1. The van der Waals surface area contributed by atoms with E-state index in [1.54, 1.807) is 11.3 Å². The molecule has 5 heteroatoms. The molecule has 1 unspecified atom stereocenters. The van der Waals surface area contributed by atoms with Crippen LogP contribution in [0.25, 0.3) is 0 Å². The summed E-state index contributed by atoms with van der Waals surface area (Å²) in [4.78, 5) is 15.9. The quantitative estimate of drug-likeness (QED) is 0.851. The molecule has 2 aromatic heterocycles. The monoisotopic (exact) mass is 303 g/mol.